The van der Waals surface area contributed by atoms with E-state index in [0.717, 1.165) is 7.48 Å². The topological polar surface area (TPSA) is 71.5 Å². The Labute approximate surface area is 71.4 Å². The zero-order chi connectivity index (χ0) is 8.97. The Morgan fingerprint density at radius 2 is 2.42 bits per heavy atom. The maximum atomic E-state index is 8.60. The first-order valence-electron chi connectivity index (χ1n) is 3.44. The molecule has 1 heterocycles. The van der Waals surface area contributed by atoms with E-state index in [1.807, 2.05) is 0 Å². The highest BCUT2D eigenvalue weighted by atomic mass is 16.2. The Balaban J connectivity index is 2.92. The van der Waals surface area contributed by atoms with Gasteiger partial charge in [-0.3, -0.25) is 9.98 Å². The van der Waals surface area contributed by atoms with Crippen LogP contribution in [0.5, 0.6) is 0 Å². The second kappa shape index (κ2) is 3.87. The minimum Gasteiger partial charge on any atom is -0.450 e. The summed E-state index contributed by atoms with van der Waals surface area (Å²) < 4.78 is 0. The van der Waals surface area contributed by atoms with E-state index in [1.165, 1.54) is 6.20 Å². The molecule has 1 aromatic heterocycles. The molecule has 4 nitrogen and oxygen atoms in total. The quantitative estimate of drug-likeness (QED) is 0.321. The van der Waals surface area contributed by atoms with E-state index in [9.17, 15) is 0 Å². The Morgan fingerprint density at radius 1 is 1.67 bits per heavy atom. The molecule has 1 radical (unpaired) electrons. The van der Waals surface area contributed by atoms with Crippen LogP contribution < -0.4 is 11.2 Å². The van der Waals surface area contributed by atoms with Crippen molar-refractivity contribution in [1.29, 1.82) is 0 Å². The molecule has 0 bridgehead atoms. The van der Waals surface area contributed by atoms with Crippen molar-refractivity contribution in [3.8, 4) is 0 Å². The van der Waals surface area contributed by atoms with Crippen molar-refractivity contribution in [3.05, 3.63) is 24.0 Å². The van der Waals surface area contributed by atoms with Gasteiger partial charge in [-0.1, -0.05) is 6.07 Å². The molecule has 0 saturated carbocycles. The molecule has 0 saturated heterocycles. The monoisotopic (exact) mass is 162 g/mol. The Hall–Kier alpha value is -1.36. The third-order valence-electron chi connectivity index (χ3n) is 1.44. The van der Waals surface area contributed by atoms with Gasteiger partial charge < -0.3 is 10.8 Å². The lowest BCUT2D eigenvalue weighted by Gasteiger charge is -1.98. The fourth-order valence-electron chi connectivity index (χ4n) is 0.748. The highest BCUT2D eigenvalue weighted by Crippen LogP contribution is 1.89. The van der Waals surface area contributed by atoms with Crippen LogP contribution in [-0.4, -0.2) is 30.4 Å². The molecule has 0 fully saturated rings. The van der Waals surface area contributed by atoms with Gasteiger partial charge in [0.25, 0.3) is 0 Å². The number of hydrogen-bond donors (Lipinski definition) is 2. The molecule has 61 valence electrons. The summed E-state index contributed by atoms with van der Waals surface area (Å²) in [5, 5.41) is 8.60. The van der Waals surface area contributed by atoms with Crippen LogP contribution in [0.1, 0.15) is 5.69 Å². The van der Waals surface area contributed by atoms with E-state index < -0.39 is 0 Å². The van der Waals surface area contributed by atoms with Gasteiger partial charge in [-0.15, -0.1) is 0 Å². The van der Waals surface area contributed by atoms with E-state index in [2.05, 4.69) is 9.98 Å². The lowest BCUT2D eigenvalue weighted by molar-refractivity contribution is 0.615. The summed E-state index contributed by atoms with van der Waals surface area (Å²) in [5.41, 5.74) is 6.76. The van der Waals surface area contributed by atoms with Gasteiger partial charge in [-0.05, 0) is 11.5 Å². The highest BCUT2D eigenvalue weighted by molar-refractivity contribution is 6.45. The molecule has 0 spiro atoms. The summed E-state index contributed by atoms with van der Waals surface area (Å²) in [4.78, 5) is 7.75. The van der Waals surface area contributed by atoms with Crippen LogP contribution in [0.4, 0.5) is 0 Å². The molecule has 3 N–H and O–H groups in total. The predicted molar refractivity (Wildman–Crippen MR) is 48.5 cm³/mol. The molecule has 12 heavy (non-hydrogen) atoms. The summed E-state index contributed by atoms with van der Waals surface area (Å²) in [5.74, 6) is 0.388. The summed E-state index contributed by atoms with van der Waals surface area (Å²) in [6.45, 7) is 0. The molecule has 1 aromatic rings. The van der Waals surface area contributed by atoms with Crippen LogP contribution in [0.15, 0.2) is 23.3 Å². The van der Waals surface area contributed by atoms with E-state index >= 15 is 0 Å². The molecule has 5 heteroatoms. The minimum atomic E-state index is 0.388. The molecule has 1 rings (SSSR count). The number of amidine groups is 1. The fraction of sp³-hybridized carbons (Fsp3) is 0.143. The van der Waals surface area contributed by atoms with Crippen molar-refractivity contribution in [2.75, 3.05) is 7.05 Å². The van der Waals surface area contributed by atoms with E-state index in [-0.39, 0.29) is 0 Å². The number of aliphatic imine (C=N–C) groups is 1. The van der Waals surface area contributed by atoms with Crippen LogP contribution in [0, 0.1) is 0 Å². The first-order valence-corrected chi connectivity index (χ1v) is 3.44. The molecule has 0 aromatic carbocycles. The maximum absolute atomic E-state index is 8.60. The van der Waals surface area contributed by atoms with Crippen molar-refractivity contribution in [2.24, 2.45) is 10.7 Å². The van der Waals surface area contributed by atoms with Crippen LogP contribution in [-0.2, 0) is 0 Å². The zero-order valence-electron chi connectivity index (χ0n) is 6.73. The average Bonchev–Trinajstić information content (AvgIpc) is 2.17. The van der Waals surface area contributed by atoms with Crippen molar-refractivity contribution in [2.45, 2.75) is 0 Å². The number of aromatic nitrogens is 1. The van der Waals surface area contributed by atoms with Crippen LogP contribution in [0.2, 0.25) is 0 Å². The third kappa shape index (κ3) is 1.82. The molecule has 0 aliphatic carbocycles. The lowest BCUT2D eigenvalue weighted by atomic mass is 9.91. The van der Waals surface area contributed by atoms with Gasteiger partial charge in [0, 0.05) is 13.2 Å². The number of hydrogen-bond acceptors (Lipinski definition) is 3. The minimum absolute atomic E-state index is 0.388. The zero-order valence-corrected chi connectivity index (χ0v) is 6.73. The van der Waals surface area contributed by atoms with Gasteiger partial charge in [0.1, 0.15) is 11.5 Å². The van der Waals surface area contributed by atoms with Gasteiger partial charge in [0.2, 0.25) is 0 Å². The van der Waals surface area contributed by atoms with Crippen molar-refractivity contribution >= 4 is 18.8 Å². The maximum Gasteiger partial charge on any atom is 0.328 e. The first-order chi connectivity index (χ1) is 5.77. The third-order valence-corrected chi connectivity index (χ3v) is 1.44. The smallest absolute Gasteiger partial charge is 0.328 e. The summed E-state index contributed by atoms with van der Waals surface area (Å²) >= 11 is 0. The molecular formula is C7H9BN3O. The second-order valence-corrected chi connectivity index (χ2v) is 2.21. The Kier molecular flexibility index (Phi) is 2.82. The van der Waals surface area contributed by atoms with Gasteiger partial charge in [0.15, 0.2) is 0 Å². The van der Waals surface area contributed by atoms with E-state index in [1.54, 1.807) is 19.2 Å². The number of rotatable bonds is 2. The van der Waals surface area contributed by atoms with E-state index in [4.69, 9.17) is 10.8 Å². The Bertz CT molecular complexity index is 283. The van der Waals surface area contributed by atoms with Gasteiger partial charge in [0.05, 0.1) is 0 Å². The first kappa shape index (κ1) is 8.74. The molecule has 0 unspecified atom stereocenters. The highest BCUT2D eigenvalue weighted by Gasteiger charge is 1.98. The summed E-state index contributed by atoms with van der Waals surface area (Å²) in [7, 11) is 2.58. The molecule has 0 amide bonds. The normalized spacial score (nSPS) is 11.3. The largest absolute Gasteiger partial charge is 0.450 e. The van der Waals surface area contributed by atoms with E-state index in [0.29, 0.717) is 17.0 Å². The average molecular weight is 162 g/mol. The van der Waals surface area contributed by atoms with Crippen molar-refractivity contribution in [1.82, 2.24) is 4.98 Å². The molecule has 0 aliphatic rings. The Morgan fingerprint density at radius 3 is 2.83 bits per heavy atom. The molecule has 0 atom stereocenters. The fourth-order valence-corrected chi connectivity index (χ4v) is 0.748. The van der Waals surface area contributed by atoms with Gasteiger partial charge in [-0.25, -0.2) is 0 Å². The SMILES string of the molecule is CN=C(N)c1ccc([B]O)cn1. The standard InChI is InChI=1S/C7H9BN3O/c1-10-7(9)6-3-2-5(8-12)4-11-6/h2-4,12H,1H3,(H2,9,10). The van der Waals surface area contributed by atoms with Crippen LogP contribution in [0.3, 0.4) is 0 Å². The van der Waals surface area contributed by atoms with Crippen LogP contribution in [0.25, 0.3) is 0 Å². The van der Waals surface area contributed by atoms with Gasteiger partial charge >= 0.3 is 7.48 Å². The number of nitrogens with two attached hydrogens (primary N) is 1. The van der Waals surface area contributed by atoms with Crippen LogP contribution >= 0.6 is 0 Å². The number of pyridine rings is 1. The second-order valence-electron chi connectivity index (χ2n) is 2.21. The predicted octanol–water partition coefficient (Wildman–Crippen LogP) is -1.35. The number of nitrogens with zero attached hydrogens (tertiary/aromatic N) is 2. The molecule has 0 aliphatic heterocycles. The van der Waals surface area contributed by atoms with Crippen molar-refractivity contribution < 1.29 is 5.02 Å². The lowest BCUT2D eigenvalue weighted by Crippen LogP contribution is -2.19. The summed E-state index contributed by atoms with van der Waals surface area (Å²) in [6.07, 6.45) is 1.52. The molecular weight excluding hydrogens is 153 g/mol. The van der Waals surface area contributed by atoms with Gasteiger partial charge in [-0.2, -0.15) is 0 Å². The van der Waals surface area contributed by atoms with Crippen molar-refractivity contribution in [3.63, 3.8) is 0 Å². The summed E-state index contributed by atoms with van der Waals surface area (Å²) in [6, 6.07) is 3.41.